The van der Waals surface area contributed by atoms with Gasteiger partial charge in [0.25, 0.3) is 0 Å². The van der Waals surface area contributed by atoms with Gasteiger partial charge in [0.15, 0.2) is 3.95 Å². The topological polar surface area (TPSA) is 57.6 Å². The number of benzene rings is 1. The number of hydrogen-bond donors (Lipinski definition) is 2. The van der Waals surface area contributed by atoms with Crippen molar-refractivity contribution >= 4 is 29.3 Å². The first-order valence-electron chi connectivity index (χ1n) is 6.22. The van der Waals surface area contributed by atoms with E-state index in [2.05, 4.69) is 9.98 Å². The smallest absolute Gasteiger partial charge is 0.209 e. The number of aromatic amines is 1. The van der Waals surface area contributed by atoms with Crippen LogP contribution < -0.4 is 4.74 Å². The van der Waals surface area contributed by atoms with Gasteiger partial charge < -0.3 is 14.8 Å². The van der Waals surface area contributed by atoms with E-state index in [0.717, 1.165) is 28.3 Å². The summed E-state index contributed by atoms with van der Waals surface area (Å²) in [5.74, 6) is 0.935. The van der Waals surface area contributed by atoms with Crippen molar-refractivity contribution in [3.63, 3.8) is 0 Å². The Balaban J connectivity index is 2.19. The summed E-state index contributed by atoms with van der Waals surface area (Å²) in [6, 6.07) is 7.78. The number of hydrogen-bond acceptors (Lipinski definition) is 5. The molecule has 0 spiro atoms. The van der Waals surface area contributed by atoms with Gasteiger partial charge in [0, 0.05) is 0 Å². The third kappa shape index (κ3) is 3.46. The van der Waals surface area contributed by atoms with Gasteiger partial charge in [-0.3, -0.25) is 4.99 Å². The molecule has 106 valence electrons. The zero-order chi connectivity index (χ0) is 14.5. The van der Waals surface area contributed by atoms with Crippen LogP contribution in [-0.4, -0.2) is 22.9 Å². The van der Waals surface area contributed by atoms with Gasteiger partial charge in [0.2, 0.25) is 5.88 Å². The molecular weight excluding hydrogens is 292 g/mol. The molecule has 0 saturated heterocycles. The van der Waals surface area contributed by atoms with E-state index in [1.807, 2.05) is 31.2 Å². The summed E-state index contributed by atoms with van der Waals surface area (Å²) >= 11 is 6.37. The molecule has 0 aliphatic carbocycles. The average molecular weight is 308 g/mol. The lowest BCUT2D eigenvalue weighted by molar-refractivity contribution is 0.414. The van der Waals surface area contributed by atoms with Crippen LogP contribution >= 0.6 is 23.6 Å². The minimum Gasteiger partial charge on any atom is -0.497 e. The molecule has 2 N–H and O–H groups in total. The normalized spacial score (nSPS) is 11.6. The van der Waals surface area contributed by atoms with Gasteiger partial charge in [-0.2, -0.15) is 0 Å². The standard InChI is InChI=1S/C14H16N2O2S2/c1-3-11(12-13(17)16-14(19)20-12)15-8-9-4-6-10(18-2)7-5-9/h4-7,17H,3,8H2,1-2H3,(H,16,19). The van der Waals surface area contributed by atoms with Crippen LogP contribution in [-0.2, 0) is 6.54 Å². The molecule has 2 aromatic rings. The van der Waals surface area contributed by atoms with E-state index in [-0.39, 0.29) is 5.88 Å². The minimum atomic E-state index is 0.107. The van der Waals surface area contributed by atoms with Crippen molar-refractivity contribution in [1.29, 1.82) is 0 Å². The fourth-order valence-electron chi connectivity index (χ4n) is 1.78. The van der Waals surface area contributed by atoms with Crippen LogP contribution in [0.1, 0.15) is 23.8 Å². The van der Waals surface area contributed by atoms with E-state index in [1.165, 1.54) is 11.3 Å². The molecule has 6 heteroatoms. The molecule has 2 rings (SSSR count). The van der Waals surface area contributed by atoms with Crippen molar-refractivity contribution in [2.45, 2.75) is 19.9 Å². The first-order chi connectivity index (χ1) is 9.63. The van der Waals surface area contributed by atoms with E-state index < -0.39 is 0 Å². The molecule has 0 amide bonds. The quantitative estimate of drug-likeness (QED) is 0.650. The number of H-pyrrole nitrogens is 1. The van der Waals surface area contributed by atoms with Crippen LogP contribution in [0.4, 0.5) is 0 Å². The van der Waals surface area contributed by atoms with Crippen molar-refractivity contribution < 1.29 is 9.84 Å². The lowest BCUT2D eigenvalue weighted by atomic mass is 10.2. The second-order valence-electron chi connectivity index (χ2n) is 4.16. The first kappa shape index (κ1) is 14.7. The molecule has 0 unspecified atom stereocenters. The maximum absolute atomic E-state index is 9.79. The van der Waals surface area contributed by atoms with Crippen molar-refractivity contribution in [2.75, 3.05) is 7.11 Å². The second kappa shape index (κ2) is 6.67. The number of nitrogens with one attached hydrogen (secondary N) is 1. The van der Waals surface area contributed by atoms with Gasteiger partial charge >= 0.3 is 0 Å². The molecule has 1 aromatic heterocycles. The number of rotatable bonds is 5. The fourth-order valence-corrected chi connectivity index (χ4v) is 2.93. The molecule has 1 aromatic carbocycles. The summed E-state index contributed by atoms with van der Waals surface area (Å²) in [4.78, 5) is 8.03. The van der Waals surface area contributed by atoms with Crippen LogP contribution in [0.5, 0.6) is 11.6 Å². The van der Waals surface area contributed by atoms with Crippen LogP contribution in [0.15, 0.2) is 29.3 Å². The summed E-state index contributed by atoms with van der Waals surface area (Å²) in [5.41, 5.74) is 1.95. The highest BCUT2D eigenvalue weighted by molar-refractivity contribution is 7.73. The maximum atomic E-state index is 9.79. The minimum absolute atomic E-state index is 0.107. The summed E-state index contributed by atoms with van der Waals surface area (Å²) in [6.45, 7) is 2.58. The van der Waals surface area contributed by atoms with Gasteiger partial charge in [-0.25, -0.2) is 0 Å². The highest BCUT2D eigenvalue weighted by Crippen LogP contribution is 2.24. The Morgan fingerprint density at radius 2 is 2.10 bits per heavy atom. The van der Waals surface area contributed by atoms with Crippen LogP contribution in [0, 0.1) is 3.95 Å². The summed E-state index contributed by atoms with van der Waals surface area (Å²) in [7, 11) is 1.64. The molecule has 0 bridgehead atoms. The number of methoxy groups -OCH3 is 1. The SMILES string of the molecule is CCC(=NCc1ccc(OC)cc1)c1sc(=S)[nH]c1O. The highest BCUT2D eigenvalue weighted by atomic mass is 32.1. The van der Waals surface area contributed by atoms with Gasteiger partial charge in [0.05, 0.1) is 19.4 Å². The third-order valence-electron chi connectivity index (χ3n) is 2.84. The van der Waals surface area contributed by atoms with E-state index in [9.17, 15) is 5.11 Å². The average Bonchev–Trinajstić information content (AvgIpc) is 2.79. The van der Waals surface area contributed by atoms with Crippen molar-refractivity contribution in [3.05, 3.63) is 38.7 Å². The van der Waals surface area contributed by atoms with E-state index in [0.29, 0.717) is 10.5 Å². The van der Waals surface area contributed by atoms with Crippen molar-refractivity contribution in [1.82, 2.24) is 4.98 Å². The van der Waals surface area contributed by atoms with E-state index in [4.69, 9.17) is 17.0 Å². The first-order valence-corrected chi connectivity index (χ1v) is 7.45. The molecule has 0 saturated carbocycles. The van der Waals surface area contributed by atoms with Gasteiger partial charge in [-0.15, -0.1) is 0 Å². The fraction of sp³-hybridized carbons (Fsp3) is 0.286. The molecule has 20 heavy (non-hydrogen) atoms. The van der Waals surface area contributed by atoms with Crippen LogP contribution in [0.2, 0.25) is 0 Å². The largest absolute Gasteiger partial charge is 0.497 e. The molecule has 0 atom stereocenters. The summed E-state index contributed by atoms with van der Waals surface area (Å²) in [6.07, 6.45) is 0.743. The second-order valence-corrected chi connectivity index (χ2v) is 5.84. The molecule has 0 fully saturated rings. The zero-order valence-corrected chi connectivity index (χ0v) is 13.0. The van der Waals surface area contributed by atoms with Crippen molar-refractivity contribution in [3.8, 4) is 11.6 Å². The molecule has 4 nitrogen and oxygen atoms in total. The predicted octanol–water partition coefficient (Wildman–Crippen LogP) is 3.92. The van der Waals surface area contributed by atoms with Gasteiger partial charge in [0.1, 0.15) is 10.6 Å². The molecule has 0 aliphatic heterocycles. The highest BCUT2D eigenvalue weighted by Gasteiger charge is 2.10. The Labute approximate surface area is 126 Å². The number of thiazole rings is 1. The predicted molar refractivity (Wildman–Crippen MR) is 84.7 cm³/mol. The Morgan fingerprint density at radius 3 is 2.60 bits per heavy atom. The Morgan fingerprint density at radius 1 is 1.40 bits per heavy atom. The Hall–Kier alpha value is -1.66. The Bertz CT molecular complexity index is 657. The number of aromatic nitrogens is 1. The van der Waals surface area contributed by atoms with Crippen LogP contribution in [0.25, 0.3) is 0 Å². The zero-order valence-electron chi connectivity index (χ0n) is 11.3. The number of ether oxygens (including phenoxy) is 1. The third-order valence-corrected chi connectivity index (χ3v) is 4.11. The van der Waals surface area contributed by atoms with Gasteiger partial charge in [-0.05, 0) is 36.3 Å². The lowest BCUT2D eigenvalue weighted by Gasteiger charge is -2.03. The number of aromatic hydroxyl groups is 1. The van der Waals surface area contributed by atoms with Crippen molar-refractivity contribution in [2.24, 2.45) is 4.99 Å². The van der Waals surface area contributed by atoms with E-state index in [1.54, 1.807) is 7.11 Å². The van der Waals surface area contributed by atoms with Gasteiger partial charge in [-0.1, -0.05) is 30.4 Å². The summed E-state index contributed by atoms with van der Waals surface area (Å²) < 4.78 is 5.68. The monoisotopic (exact) mass is 308 g/mol. The van der Waals surface area contributed by atoms with Crippen LogP contribution in [0.3, 0.4) is 0 Å². The Kier molecular flexibility index (Phi) is 4.92. The maximum Gasteiger partial charge on any atom is 0.209 e. The number of nitrogens with zero attached hydrogens (tertiary/aromatic N) is 1. The summed E-state index contributed by atoms with van der Waals surface area (Å²) in [5, 5.41) is 9.79. The molecule has 0 radical (unpaired) electrons. The molecule has 1 heterocycles. The van der Waals surface area contributed by atoms with E-state index >= 15 is 0 Å². The number of aliphatic imine (C=N–C) groups is 1. The molecular formula is C14H16N2O2S2. The molecule has 0 aliphatic rings. The lowest BCUT2D eigenvalue weighted by Crippen LogP contribution is -1.98.